The van der Waals surface area contributed by atoms with Crippen LogP contribution in [0.5, 0.6) is 0 Å². The Kier molecular flexibility index (Phi) is 5.01. The average Bonchev–Trinajstić information content (AvgIpc) is 2.39. The van der Waals surface area contributed by atoms with E-state index in [1.54, 1.807) is 36.4 Å². The summed E-state index contributed by atoms with van der Waals surface area (Å²) >= 11 is 0. The van der Waals surface area contributed by atoms with Gasteiger partial charge in [-0.1, -0.05) is 62.0 Å². The number of carbonyl (C=O) groups is 2. The third-order valence-corrected chi connectivity index (χ3v) is 2.61. The first kappa shape index (κ1) is 14.6. The second kappa shape index (κ2) is 6.50. The molecule has 0 unspecified atom stereocenters. The summed E-state index contributed by atoms with van der Waals surface area (Å²) in [4.78, 5) is 22.6. The first-order chi connectivity index (χ1) is 8.66. The lowest BCUT2D eigenvalue weighted by Crippen LogP contribution is -2.03. The third kappa shape index (κ3) is 3.78. The topological polar surface area (TPSA) is 54.4 Å². The molecule has 98 valence electrons. The van der Waals surface area contributed by atoms with Gasteiger partial charge >= 0.3 is 5.97 Å². The van der Waals surface area contributed by atoms with Crippen LogP contribution in [0.1, 0.15) is 28.9 Å². The van der Waals surface area contributed by atoms with Gasteiger partial charge in [-0.15, -0.1) is 0 Å². The molecule has 0 aliphatic heterocycles. The van der Waals surface area contributed by atoms with Crippen LogP contribution >= 0.6 is 0 Å². The molecule has 0 radical (unpaired) electrons. The Balaban J connectivity index is 0.00000180. The minimum Gasteiger partial charge on any atom is -0.481 e. The monoisotopic (exact) mass is 256 g/mol. The Morgan fingerprint density at radius 2 is 1.37 bits per heavy atom. The van der Waals surface area contributed by atoms with Crippen LogP contribution in [0, 0.1) is 0 Å². The van der Waals surface area contributed by atoms with Gasteiger partial charge in [0.15, 0.2) is 5.78 Å². The number of carbonyl (C=O) groups excluding carboxylic acids is 1. The summed E-state index contributed by atoms with van der Waals surface area (Å²) in [7, 11) is 0. The van der Waals surface area contributed by atoms with Gasteiger partial charge < -0.3 is 5.11 Å². The van der Waals surface area contributed by atoms with Gasteiger partial charge in [-0.05, 0) is 5.56 Å². The van der Waals surface area contributed by atoms with Gasteiger partial charge in [-0.2, -0.15) is 0 Å². The molecule has 0 atom stereocenters. The maximum atomic E-state index is 12.1. The molecule has 1 N–H and O–H groups in total. The van der Waals surface area contributed by atoms with Crippen molar-refractivity contribution in [3.05, 3.63) is 71.3 Å². The number of carboxylic acid groups (broad SMARTS) is 1. The number of benzene rings is 2. The Bertz CT molecular complexity index is 556. The van der Waals surface area contributed by atoms with Crippen LogP contribution < -0.4 is 0 Å². The predicted molar refractivity (Wildman–Crippen MR) is 74.4 cm³/mol. The zero-order chi connectivity index (χ0) is 13.0. The number of carboxylic acids is 1. The van der Waals surface area contributed by atoms with Crippen molar-refractivity contribution in [3.8, 4) is 0 Å². The summed E-state index contributed by atoms with van der Waals surface area (Å²) in [6.07, 6.45) is -0.0280. The zero-order valence-corrected chi connectivity index (χ0v) is 9.67. The molecule has 2 aromatic rings. The zero-order valence-electron chi connectivity index (χ0n) is 9.67. The molecule has 0 heterocycles. The van der Waals surface area contributed by atoms with Crippen LogP contribution in [0.15, 0.2) is 54.6 Å². The van der Waals surface area contributed by atoms with Crippen molar-refractivity contribution in [3.63, 3.8) is 0 Å². The van der Waals surface area contributed by atoms with E-state index >= 15 is 0 Å². The lowest BCUT2D eigenvalue weighted by molar-refractivity contribution is -0.136. The molecule has 3 heteroatoms. The number of hydrogen-bond acceptors (Lipinski definition) is 2. The molecule has 0 aromatic heterocycles. The van der Waals surface area contributed by atoms with Gasteiger partial charge in [0.2, 0.25) is 0 Å². The van der Waals surface area contributed by atoms with Crippen LogP contribution in [0.3, 0.4) is 0 Å². The SMILES string of the molecule is C.O=C(O)Cc1ccc(C(=O)c2ccccc2)cc1. The van der Waals surface area contributed by atoms with Crippen LogP contribution in [0.2, 0.25) is 0 Å². The first-order valence-corrected chi connectivity index (χ1v) is 5.57. The van der Waals surface area contributed by atoms with Crippen molar-refractivity contribution in [1.82, 2.24) is 0 Å². The van der Waals surface area contributed by atoms with Gasteiger partial charge in [0.1, 0.15) is 0 Å². The summed E-state index contributed by atoms with van der Waals surface area (Å²) in [6, 6.07) is 15.7. The largest absolute Gasteiger partial charge is 0.481 e. The Labute approximate surface area is 112 Å². The molecular weight excluding hydrogens is 240 g/mol. The van der Waals surface area contributed by atoms with E-state index in [0.717, 1.165) is 0 Å². The van der Waals surface area contributed by atoms with E-state index in [-0.39, 0.29) is 19.6 Å². The van der Waals surface area contributed by atoms with E-state index in [4.69, 9.17) is 5.11 Å². The summed E-state index contributed by atoms with van der Waals surface area (Å²) in [5, 5.41) is 8.66. The maximum absolute atomic E-state index is 12.1. The standard InChI is InChI=1S/C15H12O3.CH4/c16-14(17)10-11-6-8-13(9-7-11)15(18)12-4-2-1-3-5-12;/h1-9H,10H2,(H,16,17);1H4. The molecule has 3 nitrogen and oxygen atoms in total. The van der Waals surface area contributed by atoms with Crippen molar-refractivity contribution in [2.75, 3.05) is 0 Å². The molecule has 0 aliphatic carbocycles. The van der Waals surface area contributed by atoms with Gasteiger partial charge in [0.05, 0.1) is 6.42 Å². The molecule has 0 amide bonds. The van der Waals surface area contributed by atoms with Crippen molar-refractivity contribution < 1.29 is 14.7 Å². The maximum Gasteiger partial charge on any atom is 0.307 e. The fraction of sp³-hybridized carbons (Fsp3) is 0.125. The lowest BCUT2D eigenvalue weighted by atomic mass is 10.0. The third-order valence-electron chi connectivity index (χ3n) is 2.61. The molecule has 0 saturated heterocycles. The van der Waals surface area contributed by atoms with Crippen LogP contribution in [0.4, 0.5) is 0 Å². The first-order valence-electron chi connectivity index (χ1n) is 5.57. The molecule has 0 bridgehead atoms. The number of aliphatic carboxylic acids is 1. The van der Waals surface area contributed by atoms with Gasteiger partial charge in [0, 0.05) is 11.1 Å². The Morgan fingerprint density at radius 1 is 0.842 bits per heavy atom. The highest BCUT2D eigenvalue weighted by Crippen LogP contribution is 2.11. The normalized spacial score (nSPS) is 9.47. The average molecular weight is 256 g/mol. The van der Waals surface area contributed by atoms with Crippen molar-refractivity contribution in [1.29, 1.82) is 0 Å². The lowest BCUT2D eigenvalue weighted by Gasteiger charge is -2.02. The fourth-order valence-electron chi connectivity index (χ4n) is 1.70. The smallest absolute Gasteiger partial charge is 0.307 e. The molecule has 2 aromatic carbocycles. The summed E-state index contributed by atoms with van der Waals surface area (Å²) in [5.74, 6) is -0.936. The molecule has 19 heavy (non-hydrogen) atoms. The van der Waals surface area contributed by atoms with Gasteiger partial charge in [-0.3, -0.25) is 9.59 Å². The van der Waals surface area contributed by atoms with E-state index < -0.39 is 5.97 Å². The molecule has 0 saturated carbocycles. The van der Waals surface area contributed by atoms with Crippen LogP contribution in [-0.4, -0.2) is 16.9 Å². The van der Waals surface area contributed by atoms with E-state index in [1.807, 2.05) is 18.2 Å². The Morgan fingerprint density at radius 3 is 1.89 bits per heavy atom. The molecule has 0 spiro atoms. The van der Waals surface area contributed by atoms with E-state index in [9.17, 15) is 9.59 Å². The number of ketones is 1. The second-order valence-corrected chi connectivity index (χ2v) is 3.96. The highest BCUT2D eigenvalue weighted by atomic mass is 16.4. The second-order valence-electron chi connectivity index (χ2n) is 3.96. The van der Waals surface area contributed by atoms with E-state index in [1.165, 1.54) is 0 Å². The fourth-order valence-corrected chi connectivity index (χ4v) is 1.70. The molecule has 0 aliphatic rings. The van der Waals surface area contributed by atoms with E-state index in [0.29, 0.717) is 16.7 Å². The Hall–Kier alpha value is -2.42. The summed E-state index contributed by atoms with van der Waals surface area (Å²) in [5.41, 5.74) is 1.88. The van der Waals surface area contributed by atoms with Gasteiger partial charge in [-0.25, -0.2) is 0 Å². The quantitative estimate of drug-likeness (QED) is 0.855. The van der Waals surface area contributed by atoms with Crippen molar-refractivity contribution >= 4 is 11.8 Å². The van der Waals surface area contributed by atoms with Crippen molar-refractivity contribution in [2.45, 2.75) is 13.8 Å². The summed E-state index contributed by atoms with van der Waals surface area (Å²) in [6.45, 7) is 0. The molecular formula is C16H16O3. The van der Waals surface area contributed by atoms with E-state index in [2.05, 4.69) is 0 Å². The molecule has 0 fully saturated rings. The predicted octanol–water partition coefficient (Wildman–Crippen LogP) is 3.18. The van der Waals surface area contributed by atoms with Crippen LogP contribution in [-0.2, 0) is 11.2 Å². The number of rotatable bonds is 4. The number of hydrogen-bond donors (Lipinski definition) is 1. The van der Waals surface area contributed by atoms with Crippen molar-refractivity contribution in [2.24, 2.45) is 0 Å². The van der Waals surface area contributed by atoms with Crippen LogP contribution in [0.25, 0.3) is 0 Å². The summed E-state index contributed by atoms with van der Waals surface area (Å²) < 4.78 is 0. The molecule has 2 rings (SSSR count). The minimum atomic E-state index is -0.878. The highest BCUT2D eigenvalue weighted by Gasteiger charge is 2.08. The van der Waals surface area contributed by atoms with Gasteiger partial charge in [0.25, 0.3) is 0 Å². The minimum absolute atomic E-state index is 0. The highest BCUT2D eigenvalue weighted by molar-refractivity contribution is 6.08.